The highest BCUT2D eigenvalue weighted by Gasteiger charge is 2.19. The first-order valence-electron chi connectivity index (χ1n) is 9.60. The number of carbonyl (C=O) groups excluding carboxylic acids is 2. The van der Waals surface area contributed by atoms with E-state index in [1.54, 1.807) is 43.5 Å². The van der Waals surface area contributed by atoms with Gasteiger partial charge in [-0.15, -0.1) is 0 Å². The van der Waals surface area contributed by atoms with Crippen molar-refractivity contribution in [1.82, 2.24) is 0 Å². The average molecular weight is 434 g/mol. The molecule has 0 unspecified atom stereocenters. The van der Waals surface area contributed by atoms with Gasteiger partial charge in [0.1, 0.15) is 17.2 Å². The molecule has 1 heterocycles. The van der Waals surface area contributed by atoms with Crippen LogP contribution in [0.25, 0.3) is 11.1 Å². The van der Waals surface area contributed by atoms with Crippen LogP contribution in [0.4, 0.5) is 11.4 Å². The molecule has 0 radical (unpaired) electrons. The maximum absolute atomic E-state index is 12.7. The fourth-order valence-corrected chi connectivity index (χ4v) is 3.24. The summed E-state index contributed by atoms with van der Waals surface area (Å²) in [6.45, 7) is -0.369. The molecular weight excluding hydrogens is 416 g/mol. The van der Waals surface area contributed by atoms with Crippen LogP contribution in [-0.4, -0.2) is 36.9 Å². The molecule has 0 saturated carbocycles. The molecule has 3 aromatic carbocycles. The van der Waals surface area contributed by atoms with E-state index in [-0.39, 0.29) is 30.6 Å². The number of ketones is 1. The van der Waals surface area contributed by atoms with Crippen LogP contribution in [0.3, 0.4) is 0 Å². The normalized spacial score (nSPS) is 12.2. The summed E-state index contributed by atoms with van der Waals surface area (Å²) in [4.78, 5) is 34.9. The Morgan fingerprint density at radius 2 is 1.91 bits per heavy atom. The van der Waals surface area contributed by atoms with Crippen molar-refractivity contribution in [1.29, 1.82) is 0 Å². The predicted molar refractivity (Wildman–Crippen MR) is 115 cm³/mol. The number of ether oxygens (including phenoxy) is 3. The number of nitro groups is 1. The highest BCUT2D eigenvalue weighted by atomic mass is 16.6. The maximum atomic E-state index is 12.7. The molecule has 0 bridgehead atoms. The molecule has 9 nitrogen and oxygen atoms in total. The van der Waals surface area contributed by atoms with Crippen LogP contribution in [0.5, 0.6) is 17.2 Å². The van der Waals surface area contributed by atoms with Gasteiger partial charge in [-0.2, -0.15) is 0 Å². The van der Waals surface area contributed by atoms with Crippen LogP contribution in [0.1, 0.15) is 10.4 Å². The highest BCUT2D eigenvalue weighted by molar-refractivity contribution is 6.01. The predicted octanol–water partition coefficient (Wildman–Crippen LogP) is 3.86. The second kappa shape index (κ2) is 8.76. The Morgan fingerprint density at radius 1 is 1.12 bits per heavy atom. The Labute approximate surface area is 182 Å². The lowest BCUT2D eigenvalue weighted by atomic mass is 10.0. The van der Waals surface area contributed by atoms with E-state index in [1.807, 2.05) is 0 Å². The number of methoxy groups -OCH3 is 1. The number of nitrogens with zero attached hydrogens (tertiary/aromatic N) is 1. The van der Waals surface area contributed by atoms with Crippen molar-refractivity contribution in [2.75, 3.05) is 25.6 Å². The monoisotopic (exact) mass is 434 g/mol. The maximum Gasteiger partial charge on any atom is 0.270 e. The zero-order valence-electron chi connectivity index (χ0n) is 17.0. The van der Waals surface area contributed by atoms with Gasteiger partial charge in [0.15, 0.2) is 19.0 Å². The number of hydrogen-bond acceptors (Lipinski definition) is 7. The molecule has 0 saturated heterocycles. The van der Waals surface area contributed by atoms with Crippen molar-refractivity contribution < 1.29 is 28.7 Å². The van der Waals surface area contributed by atoms with Gasteiger partial charge in [0.05, 0.1) is 17.7 Å². The van der Waals surface area contributed by atoms with Crippen molar-refractivity contribution in [3.8, 4) is 28.4 Å². The molecule has 1 N–H and O–H groups in total. The minimum atomic E-state index is -0.495. The number of Topliss-reactive ketones (excluding diaryl/α,β-unsaturated/α-hetero) is 1. The van der Waals surface area contributed by atoms with Crippen LogP contribution in [-0.2, 0) is 4.79 Å². The SMILES string of the molecule is COc1ccc(-c2cc([N+](=O)[O-])ccc2OCC(=O)c2ccc3c(c2)NC(=O)CO3)cc1. The van der Waals surface area contributed by atoms with Gasteiger partial charge < -0.3 is 19.5 Å². The Balaban J connectivity index is 1.57. The molecule has 9 heteroatoms. The molecular formula is C23H18N2O7. The van der Waals surface area contributed by atoms with E-state index in [4.69, 9.17) is 14.2 Å². The summed E-state index contributed by atoms with van der Waals surface area (Å²) in [5, 5.41) is 13.9. The van der Waals surface area contributed by atoms with Gasteiger partial charge in [-0.3, -0.25) is 19.7 Å². The summed E-state index contributed by atoms with van der Waals surface area (Å²) in [6, 6.07) is 15.9. The fourth-order valence-electron chi connectivity index (χ4n) is 3.24. The number of carbonyl (C=O) groups is 2. The zero-order chi connectivity index (χ0) is 22.7. The number of nitro benzene ring substituents is 1. The summed E-state index contributed by atoms with van der Waals surface area (Å²) < 4.78 is 16.2. The van der Waals surface area contributed by atoms with E-state index in [2.05, 4.69) is 5.32 Å². The molecule has 162 valence electrons. The topological polar surface area (TPSA) is 117 Å². The lowest BCUT2D eigenvalue weighted by Gasteiger charge is -2.18. The van der Waals surface area contributed by atoms with Crippen LogP contribution in [0, 0.1) is 10.1 Å². The smallest absolute Gasteiger partial charge is 0.270 e. The van der Waals surface area contributed by atoms with E-state index >= 15 is 0 Å². The van der Waals surface area contributed by atoms with Gasteiger partial charge in [-0.1, -0.05) is 12.1 Å². The second-order valence-corrected chi connectivity index (χ2v) is 6.93. The Hall–Kier alpha value is -4.40. The summed E-state index contributed by atoms with van der Waals surface area (Å²) in [6.07, 6.45) is 0. The average Bonchev–Trinajstić information content (AvgIpc) is 2.82. The number of fused-ring (bicyclic) bond motifs is 1. The van der Waals surface area contributed by atoms with Gasteiger partial charge in [0.2, 0.25) is 0 Å². The molecule has 1 amide bonds. The van der Waals surface area contributed by atoms with Crippen molar-refractivity contribution in [3.63, 3.8) is 0 Å². The molecule has 0 aliphatic carbocycles. The molecule has 0 fully saturated rings. The minimum absolute atomic E-state index is 0.0717. The van der Waals surface area contributed by atoms with Crippen LogP contribution < -0.4 is 19.5 Å². The summed E-state index contributed by atoms with van der Waals surface area (Å²) in [5.41, 5.74) is 1.80. The van der Waals surface area contributed by atoms with Gasteiger partial charge in [0, 0.05) is 23.3 Å². The van der Waals surface area contributed by atoms with Gasteiger partial charge in [0.25, 0.3) is 11.6 Å². The summed E-state index contributed by atoms with van der Waals surface area (Å²) >= 11 is 0. The van der Waals surface area contributed by atoms with Crippen LogP contribution >= 0.6 is 0 Å². The fraction of sp³-hybridized carbons (Fsp3) is 0.130. The first-order valence-corrected chi connectivity index (χ1v) is 9.60. The Bertz CT molecular complexity index is 1210. The largest absolute Gasteiger partial charge is 0.497 e. The third kappa shape index (κ3) is 4.36. The molecule has 3 aromatic rings. The summed E-state index contributed by atoms with van der Waals surface area (Å²) in [7, 11) is 1.54. The van der Waals surface area contributed by atoms with E-state index in [0.29, 0.717) is 39.6 Å². The first-order chi connectivity index (χ1) is 15.4. The van der Waals surface area contributed by atoms with Crippen molar-refractivity contribution >= 4 is 23.1 Å². The number of amides is 1. The molecule has 0 spiro atoms. The number of rotatable bonds is 7. The van der Waals surface area contributed by atoms with Crippen LogP contribution in [0.15, 0.2) is 60.7 Å². The lowest BCUT2D eigenvalue weighted by Crippen LogP contribution is -2.25. The zero-order valence-corrected chi connectivity index (χ0v) is 17.0. The van der Waals surface area contributed by atoms with Crippen molar-refractivity contribution in [2.24, 2.45) is 0 Å². The van der Waals surface area contributed by atoms with Gasteiger partial charge in [-0.05, 0) is 42.0 Å². The van der Waals surface area contributed by atoms with E-state index in [9.17, 15) is 19.7 Å². The molecule has 32 heavy (non-hydrogen) atoms. The number of anilines is 1. The van der Waals surface area contributed by atoms with Crippen LogP contribution in [0.2, 0.25) is 0 Å². The quantitative estimate of drug-likeness (QED) is 0.341. The van der Waals surface area contributed by atoms with Crippen molar-refractivity contribution in [3.05, 3.63) is 76.3 Å². The molecule has 1 aliphatic rings. The number of hydrogen-bond donors (Lipinski definition) is 1. The third-order valence-corrected chi connectivity index (χ3v) is 4.87. The molecule has 0 atom stereocenters. The Kier molecular flexibility index (Phi) is 5.71. The van der Waals surface area contributed by atoms with E-state index in [1.165, 1.54) is 24.3 Å². The lowest BCUT2D eigenvalue weighted by molar-refractivity contribution is -0.384. The second-order valence-electron chi connectivity index (χ2n) is 6.93. The van der Waals surface area contributed by atoms with Gasteiger partial charge in [-0.25, -0.2) is 0 Å². The van der Waals surface area contributed by atoms with Gasteiger partial charge >= 0.3 is 0 Å². The standard InChI is InChI=1S/C23H18N2O7/c1-30-17-6-2-14(3-7-17)18-11-16(25(28)29)5-9-21(18)31-12-20(26)15-4-8-22-19(10-15)24-23(27)13-32-22/h2-11H,12-13H2,1H3,(H,24,27). The Morgan fingerprint density at radius 3 is 2.62 bits per heavy atom. The highest BCUT2D eigenvalue weighted by Crippen LogP contribution is 2.35. The first kappa shape index (κ1) is 20.9. The summed E-state index contributed by atoms with van der Waals surface area (Å²) in [5.74, 6) is 0.822. The third-order valence-electron chi connectivity index (χ3n) is 4.87. The number of non-ortho nitro benzene ring substituents is 1. The minimum Gasteiger partial charge on any atom is -0.497 e. The molecule has 0 aromatic heterocycles. The van der Waals surface area contributed by atoms with E-state index < -0.39 is 4.92 Å². The van der Waals surface area contributed by atoms with Crippen molar-refractivity contribution in [2.45, 2.75) is 0 Å². The molecule has 4 rings (SSSR count). The molecule has 1 aliphatic heterocycles. The van der Waals surface area contributed by atoms with E-state index in [0.717, 1.165) is 0 Å². The number of nitrogens with one attached hydrogen (secondary N) is 1. The number of benzene rings is 3.